The number of anilines is 1. The first-order valence-electron chi connectivity index (χ1n) is 6.79. The summed E-state index contributed by atoms with van der Waals surface area (Å²) < 4.78 is 23.9. The van der Waals surface area contributed by atoms with Crippen molar-refractivity contribution in [2.24, 2.45) is 5.10 Å². The number of carbonyl (C=O) groups is 1. The molecule has 0 radical (unpaired) electrons. The molecular weight excluding hydrogens is 290 g/mol. The van der Waals surface area contributed by atoms with Crippen LogP contribution in [-0.4, -0.2) is 43.7 Å². The molecule has 2 aliphatic rings. The molecular formula is C14H17N3O3S. The van der Waals surface area contributed by atoms with Gasteiger partial charge in [-0.1, -0.05) is 12.1 Å². The molecule has 0 bridgehead atoms. The lowest BCUT2D eigenvalue weighted by Crippen LogP contribution is -2.24. The van der Waals surface area contributed by atoms with Crippen molar-refractivity contribution in [1.82, 2.24) is 5.01 Å². The molecule has 6 nitrogen and oxygen atoms in total. The molecule has 0 aromatic heterocycles. The van der Waals surface area contributed by atoms with Crippen LogP contribution in [0.2, 0.25) is 0 Å². The molecule has 1 unspecified atom stereocenters. The second kappa shape index (κ2) is 4.84. The predicted octanol–water partition coefficient (Wildman–Crippen LogP) is 0.958. The number of nitrogens with one attached hydrogen (secondary N) is 1. The number of benzene rings is 1. The number of nitrogens with zero attached hydrogens (tertiary/aromatic N) is 2. The summed E-state index contributed by atoms with van der Waals surface area (Å²) in [5, 5.41) is 8.58. The van der Waals surface area contributed by atoms with Crippen molar-refractivity contribution in [1.29, 1.82) is 0 Å². The van der Waals surface area contributed by atoms with Crippen LogP contribution in [0, 0.1) is 0 Å². The smallest absolute Gasteiger partial charge is 0.239 e. The molecule has 7 heteroatoms. The van der Waals surface area contributed by atoms with Crippen molar-refractivity contribution in [3.63, 3.8) is 0 Å². The third-order valence-electron chi connectivity index (χ3n) is 3.86. The van der Waals surface area contributed by atoms with Gasteiger partial charge in [-0.05, 0) is 23.6 Å². The standard InChI is InChI=1S/C14H17N3O3S/c1-9(18)17-8-12(14(16-17)21(2,19)20)10-3-4-13-11(7-10)5-6-15-13/h3-4,7,12,15H,5-6,8H2,1-2H3. The largest absolute Gasteiger partial charge is 0.384 e. The molecule has 0 saturated heterocycles. The number of hydrogen-bond acceptors (Lipinski definition) is 5. The van der Waals surface area contributed by atoms with Crippen molar-refractivity contribution in [3.05, 3.63) is 29.3 Å². The van der Waals surface area contributed by atoms with Crippen molar-refractivity contribution < 1.29 is 13.2 Å². The Kier molecular flexibility index (Phi) is 3.24. The number of sulfone groups is 1. The van der Waals surface area contributed by atoms with Crippen LogP contribution in [0.4, 0.5) is 5.69 Å². The van der Waals surface area contributed by atoms with Gasteiger partial charge in [0.05, 0.1) is 12.5 Å². The van der Waals surface area contributed by atoms with Crippen molar-refractivity contribution in [3.8, 4) is 0 Å². The van der Waals surface area contributed by atoms with Gasteiger partial charge in [0.25, 0.3) is 0 Å². The summed E-state index contributed by atoms with van der Waals surface area (Å²) in [5.41, 5.74) is 3.17. The van der Waals surface area contributed by atoms with E-state index in [2.05, 4.69) is 10.4 Å². The van der Waals surface area contributed by atoms with Crippen LogP contribution in [0.15, 0.2) is 23.3 Å². The summed E-state index contributed by atoms with van der Waals surface area (Å²) in [6.07, 6.45) is 2.06. The van der Waals surface area contributed by atoms with E-state index in [1.54, 1.807) is 0 Å². The molecule has 21 heavy (non-hydrogen) atoms. The summed E-state index contributed by atoms with van der Waals surface area (Å²) in [6.45, 7) is 2.57. The second-order valence-electron chi connectivity index (χ2n) is 5.46. The van der Waals surface area contributed by atoms with Gasteiger partial charge < -0.3 is 5.32 Å². The van der Waals surface area contributed by atoms with E-state index >= 15 is 0 Å². The Morgan fingerprint density at radius 3 is 2.86 bits per heavy atom. The van der Waals surface area contributed by atoms with Crippen LogP contribution in [0.5, 0.6) is 0 Å². The number of hydrazone groups is 1. The molecule has 1 atom stereocenters. The number of carbonyl (C=O) groups excluding carboxylic acids is 1. The summed E-state index contributed by atoms with van der Waals surface area (Å²) >= 11 is 0. The quantitative estimate of drug-likeness (QED) is 0.838. The maximum Gasteiger partial charge on any atom is 0.239 e. The fourth-order valence-electron chi connectivity index (χ4n) is 2.80. The zero-order valence-electron chi connectivity index (χ0n) is 12.0. The molecule has 0 saturated carbocycles. The Labute approximate surface area is 123 Å². The fourth-order valence-corrected chi connectivity index (χ4v) is 3.78. The average Bonchev–Trinajstić information content (AvgIpc) is 3.03. The van der Waals surface area contributed by atoms with Crippen LogP contribution >= 0.6 is 0 Å². The third-order valence-corrected chi connectivity index (χ3v) is 4.98. The Hall–Kier alpha value is -1.89. The zero-order valence-corrected chi connectivity index (χ0v) is 12.8. The molecule has 1 amide bonds. The van der Waals surface area contributed by atoms with Gasteiger partial charge in [-0.15, -0.1) is 0 Å². The first-order chi connectivity index (χ1) is 9.86. The first kappa shape index (κ1) is 14.1. The van der Waals surface area contributed by atoms with Crippen molar-refractivity contribution in [2.75, 3.05) is 24.7 Å². The minimum Gasteiger partial charge on any atom is -0.384 e. The maximum atomic E-state index is 11.9. The molecule has 1 N–H and O–H groups in total. The van der Waals surface area contributed by atoms with E-state index in [0.717, 1.165) is 30.5 Å². The van der Waals surface area contributed by atoms with Gasteiger partial charge in [0, 0.05) is 25.4 Å². The Morgan fingerprint density at radius 2 is 2.19 bits per heavy atom. The fraction of sp³-hybridized carbons (Fsp3) is 0.429. The van der Waals surface area contributed by atoms with E-state index in [-0.39, 0.29) is 23.4 Å². The maximum absolute atomic E-state index is 11.9. The highest BCUT2D eigenvalue weighted by atomic mass is 32.2. The van der Waals surface area contributed by atoms with Gasteiger partial charge in [0.1, 0.15) is 0 Å². The van der Waals surface area contributed by atoms with E-state index in [1.807, 2.05) is 18.2 Å². The summed E-state index contributed by atoms with van der Waals surface area (Å²) in [5.74, 6) is -0.628. The van der Waals surface area contributed by atoms with E-state index in [1.165, 1.54) is 17.5 Å². The first-order valence-corrected chi connectivity index (χ1v) is 8.69. The SMILES string of the molecule is CC(=O)N1CC(c2ccc3c(c2)CCN3)C(S(C)(=O)=O)=N1. The van der Waals surface area contributed by atoms with Crippen LogP contribution in [-0.2, 0) is 21.1 Å². The predicted molar refractivity (Wildman–Crippen MR) is 81.0 cm³/mol. The third kappa shape index (κ3) is 2.53. The number of fused-ring (bicyclic) bond motifs is 1. The summed E-state index contributed by atoms with van der Waals surface area (Å²) in [6, 6.07) is 5.89. The lowest BCUT2D eigenvalue weighted by atomic mass is 9.97. The van der Waals surface area contributed by atoms with Gasteiger partial charge in [-0.3, -0.25) is 4.79 Å². The van der Waals surface area contributed by atoms with Crippen LogP contribution in [0.1, 0.15) is 24.0 Å². The lowest BCUT2D eigenvalue weighted by molar-refractivity contribution is -0.128. The van der Waals surface area contributed by atoms with Crippen LogP contribution in [0.3, 0.4) is 0 Å². The zero-order chi connectivity index (χ0) is 15.2. The second-order valence-corrected chi connectivity index (χ2v) is 7.42. The molecule has 2 heterocycles. The molecule has 0 fully saturated rings. The monoisotopic (exact) mass is 307 g/mol. The van der Waals surface area contributed by atoms with Gasteiger partial charge in [-0.25, -0.2) is 13.4 Å². The Bertz CT molecular complexity index is 740. The lowest BCUT2D eigenvalue weighted by Gasteiger charge is -2.14. The van der Waals surface area contributed by atoms with Crippen molar-refractivity contribution in [2.45, 2.75) is 19.3 Å². The van der Waals surface area contributed by atoms with E-state index in [9.17, 15) is 13.2 Å². The minimum atomic E-state index is -3.44. The van der Waals surface area contributed by atoms with Gasteiger partial charge >= 0.3 is 0 Å². The van der Waals surface area contributed by atoms with Crippen LogP contribution < -0.4 is 5.32 Å². The summed E-state index contributed by atoms with van der Waals surface area (Å²) in [4.78, 5) is 11.5. The molecule has 1 aromatic carbocycles. The van der Waals surface area contributed by atoms with E-state index in [4.69, 9.17) is 0 Å². The van der Waals surface area contributed by atoms with Gasteiger partial charge in [0.15, 0.2) is 14.9 Å². The van der Waals surface area contributed by atoms with Gasteiger partial charge in [-0.2, -0.15) is 5.10 Å². The normalized spacial score (nSPS) is 21.0. The average molecular weight is 307 g/mol. The Morgan fingerprint density at radius 1 is 1.43 bits per heavy atom. The topological polar surface area (TPSA) is 78.8 Å². The van der Waals surface area contributed by atoms with Crippen LogP contribution in [0.25, 0.3) is 0 Å². The van der Waals surface area contributed by atoms with E-state index in [0.29, 0.717) is 0 Å². The molecule has 2 aliphatic heterocycles. The number of amides is 1. The van der Waals surface area contributed by atoms with E-state index < -0.39 is 9.84 Å². The van der Waals surface area contributed by atoms with Crippen molar-refractivity contribution >= 4 is 26.5 Å². The van der Waals surface area contributed by atoms with Gasteiger partial charge in [0.2, 0.25) is 5.91 Å². The number of hydrogen-bond donors (Lipinski definition) is 1. The molecule has 0 aliphatic carbocycles. The molecule has 3 rings (SSSR count). The highest BCUT2D eigenvalue weighted by Crippen LogP contribution is 2.31. The molecule has 112 valence electrons. The summed E-state index contributed by atoms with van der Waals surface area (Å²) in [7, 11) is -3.44. The highest BCUT2D eigenvalue weighted by molar-refractivity contribution is 8.05. The molecule has 1 aromatic rings. The number of rotatable bonds is 1. The minimum absolute atomic E-state index is 0.0728. The molecule has 0 spiro atoms. The Balaban J connectivity index is 2.01. The highest BCUT2D eigenvalue weighted by Gasteiger charge is 2.36.